The number of rotatable bonds is 4. The molecule has 0 N–H and O–H groups in total. The van der Waals surface area contributed by atoms with Crippen molar-refractivity contribution in [3.63, 3.8) is 0 Å². The van der Waals surface area contributed by atoms with Crippen molar-refractivity contribution in [2.45, 2.75) is 46.6 Å². The Morgan fingerprint density at radius 2 is 2.08 bits per heavy atom. The predicted octanol–water partition coefficient (Wildman–Crippen LogP) is 1.95. The molecule has 1 aromatic rings. The average molecular weight is 167 g/mol. The molecule has 0 fully saturated rings. The van der Waals surface area contributed by atoms with E-state index in [0.29, 0.717) is 0 Å². The van der Waals surface area contributed by atoms with Crippen LogP contribution in [-0.4, -0.2) is 15.0 Å². The third-order valence-electron chi connectivity index (χ3n) is 2.14. The first-order valence-electron chi connectivity index (χ1n) is 4.68. The number of hydrogen-bond donors (Lipinski definition) is 0. The van der Waals surface area contributed by atoms with Crippen molar-refractivity contribution in [1.82, 2.24) is 15.0 Å². The molecule has 1 heterocycles. The van der Waals surface area contributed by atoms with Crippen LogP contribution in [0.2, 0.25) is 0 Å². The SMILES string of the molecule is CCCCn1nnc(CC)c1C. The molecule has 1 rings (SSSR count). The number of unbranched alkanes of at least 4 members (excludes halogenated alkanes) is 1. The highest BCUT2D eigenvalue weighted by Gasteiger charge is 2.04. The van der Waals surface area contributed by atoms with E-state index in [1.807, 2.05) is 4.68 Å². The third-order valence-corrected chi connectivity index (χ3v) is 2.14. The second kappa shape index (κ2) is 4.24. The van der Waals surface area contributed by atoms with Gasteiger partial charge in [-0.25, -0.2) is 4.68 Å². The van der Waals surface area contributed by atoms with Gasteiger partial charge in [0.1, 0.15) is 0 Å². The maximum Gasteiger partial charge on any atom is 0.0853 e. The molecular formula is C9H17N3. The molecule has 0 aliphatic rings. The lowest BCUT2D eigenvalue weighted by Crippen LogP contribution is -2.02. The fraction of sp³-hybridized carbons (Fsp3) is 0.778. The second-order valence-corrected chi connectivity index (χ2v) is 3.05. The first-order valence-corrected chi connectivity index (χ1v) is 4.68. The molecule has 0 unspecified atom stereocenters. The van der Waals surface area contributed by atoms with E-state index in [0.717, 1.165) is 18.7 Å². The van der Waals surface area contributed by atoms with Gasteiger partial charge in [0.15, 0.2) is 0 Å². The molecular weight excluding hydrogens is 150 g/mol. The molecule has 0 aliphatic carbocycles. The number of nitrogens with zero attached hydrogens (tertiary/aromatic N) is 3. The van der Waals surface area contributed by atoms with Crippen LogP contribution in [-0.2, 0) is 13.0 Å². The number of hydrogen-bond acceptors (Lipinski definition) is 2. The fourth-order valence-electron chi connectivity index (χ4n) is 1.24. The predicted molar refractivity (Wildman–Crippen MR) is 49.0 cm³/mol. The van der Waals surface area contributed by atoms with E-state index in [2.05, 4.69) is 31.1 Å². The first-order chi connectivity index (χ1) is 5.79. The summed E-state index contributed by atoms with van der Waals surface area (Å²) in [5.74, 6) is 0. The topological polar surface area (TPSA) is 30.7 Å². The largest absolute Gasteiger partial charge is 0.249 e. The van der Waals surface area contributed by atoms with Crippen molar-refractivity contribution in [1.29, 1.82) is 0 Å². The molecule has 3 heteroatoms. The van der Waals surface area contributed by atoms with Crippen molar-refractivity contribution >= 4 is 0 Å². The van der Waals surface area contributed by atoms with Crippen molar-refractivity contribution < 1.29 is 0 Å². The Bertz CT molecular complexity index is 240. The summed E-state index contributed by atoms with van der Waals surface area (Å²) in [5, 5.41) is 8.19. The molecule has 68 valence electrons. The molecule has 0 saturated carbocycles. The van der Waals surface area contributed by atoms with Crippen LogP contribution >= 0.6 is 0 Å². The highest BCUT2D eigenvalue weighted by Crippen LogP contribution is 2.05. The summed E-state index contributed by atoms with van der Waals surface area (Å²) in [4.78, 5) is 0. The molecule has 0 bridgehead atoms. The summed E-state index contributed by atoms with van der Waals surface area (Å²) in [6.07, 6.45) is 3.38. The maximum atomic E-state index is 4.10. The lowest BCUT2D eigenvalue weighted by Gasteiger charge is -2.00. The Morgan fingerprint density at radius 3 is 2.58 bits per heavy atom. The van der Waals surface area contributed by atoms with E-state index >= 15 is 0 Å². The van der Waals surface area contributed by atoms with Gasteiger partial charge >= 0.3 is 0 Å². The standard InChI is InChI=1S/C9H17N3/c1-4-6-7-12-8(3)9(5-2)10-11-12/h4-7H2,1-3H3. The normalized spacial score (nSPS) is 10.6. The fourth-order valence-corrected chi connectivity index (χ4v) is 1.24. The van der Waals surface area contributed by atoms with E-state index in [1.165, 1.54) is 18.5 Å². The van der Waals surface area contributed by atoms with E-state index in [4.69, 9.17) is 0 Å². The first kappa shape index (κ1) is 9.23. The summed E-state index contributed by atoms with van der Waals surface area (Å²) in [7, 11) is 0. The van der Waals surface area contributed by atoms with Gasteiger partial charge in [-0.05, 0) is 19.8 Å². The highest BCUT2D eigenvalue weighted by molar-refractivity contribution is 5.06. The summed E-state index contributed by atoms with van der Waals surface area (Å²) in [6, 6.07) is 0. The summed E-state index contributed by atoms with van der Waals surface area (Å²) in [6.45, 7) is 7.40. The lowest BCUT2D eigenvalue weighted by atomic mass is 10.3. The molecule has 12 heavy (non-hydrogen) atoms. The number of aryl methyl sites for hydroxylation is 2. The van der Waals surface area contributed by atoms with Gasteiger partial charge in [-0.1, -0.05) is 25.5 Å². The van der Waals surface area contributed by atoms with E-state index in [1.54, 1.807) is 0 Å². The molecule has 0 radical (unpaired) electrons. The Balaban J connectivity index is 2.66. The van der Waals surface area contributed by atoms with Gasteiger partial charge in [0, 0.05) is 6.54 Å². The van der Waals surface area contributed by atoms with Gasteiger partial charge in [0.25, 0.3) is 0 Å². The highest BCUT2D eigenvalue weighted by atomic mass is 15.4. The minimum atomic E-state index is 0.984. The van der Waals surface area contributed by atoms with Gasteiger partial charge < -0.3 is 0 Å². The molecule has 0 amide bonds. The molecule has 3 nitrogen and oxygen atoms in total. The van der Waals surface area contributed by atoms with Crippen LogP contribution in [0.4, 0.5) is 0 Å². The quantitative estimate of drug-likeness (QED) is 0.686. The molecule has 0 atom stereocenters. The Kier molecular flexibility index (Phi) is 3.26. The molecule has 0 saturated heterocycles. The molecule has 0 spiro atoms. The van der Waals surface area contributed by atoms with Crippen molar-refractivity contribution in [2.75, 3.05) is 0 Å². The van der Waals surface area contributed by atoms with Crippen molar-refractivity contribution in [3.8, 4) is 0 Å². The van der Waals surface area contributed by atoms with Gasteiger partial charge in [-0.2, -0.15) is 0 Å². The third kappa shape index (κ3) is 1.84. The van der Waals surface area contributed by atoms with Gasteiger partial charge in [-0.15, -0.1) is 5.10 Å². The van der Waals surface area contributed by atoms with Crippen molar-refractivity contribution in [3.05, 3.63) is 11.4 Å². The zero-order valence-electron chi connectivity index (χ0n) is 8.17. The zero-order valence-corrected chi connectivity index (χ0v) is 8.17. The van der Waals surface area contributed by atoms with Crippen LogP contribution in [0.3, 0.4) is 0 Å². The van der Waals surface area contributed by atoms with Crippen LogP contribution in [0.25, 0.3) is 0 Å². The molecule has 0 aromatic carbocycles. The van der Waals surface area contributed by atoms with Crippen LogP contribution in [0.15, 0.2) is 0 Å². The Morgan fingerprint density at radius 1 is 1.33 bits per heavy atom. The van der Waals surface area contributed by atoms with Crippen molar-refractivity contribution in [2.24, 2.45) is 0 Å². The average Bonchev–Trinajstić information content (AvgIpc) is 2.43. The van der Waals surface area contributed by atoms with Gasteiger partial charge in [0.2, 0.25) is 0 Å². The second-order valence-electron chi connectivity index (χ2n) is 3.05. The zero-order chi connectivity index (χ0) is 8.97. The summed E-state index contributed by atoms with van der Waals surface area (Å²) < 4.78 is 2.00. The summed E-state index contributed by atoms with van der Waals surface area (Å²) in [5.41, 5.74) is 2.36. The lowest BCUT2D eigenvalue weighted by molar-refractivity contribution is 0.542. The van der Waals surface area contributed by atoms with Gasteiger partial charge in [-0.3, -0.25) is 0 Å². The smallest absolute Gasteiger partial charge is 0.0853 e. The Hall–Kier alpha value is -0.860. The minimum absolute atomic E-state index is 0.984. The van der Waals surface area contributed by atoms with Crippen LogP contribution in [0.1, 0.15) is 38.1 Å². The van der Waals surface area contributed by atoms with E-state index in [9.17, 15) is 0 Å². The minimum Gasteiger partial charge on any atom is -0.249 e. The van der Waals surface area contributed by atoms with Crippen LogP contribution in [0.5, 0.6) is 0 Å². The monoisotopic (exact) mass is 167 g/mol. The Labute approximate surface area is 73.8 Å². The van der Waals surface area contributed by atoms with E-state index < -0.39 is 0 Å². The van der Waals surface area contributed by atoms with Gasteiger partial charge in [0.05, 0.1) is 11.4 Å². The van der Waals surface area contributed by atoms with Crippen LogP contribution in [0, 0.1) is 6.92 Å². The molecule has 0 aliphatic heterocycles. The number of aromatic nitrogens is 3. The van der Waals surface area contributed by atoms with E-state index in [-0.39, 0.29) is 0 Å². The van der Waals surface area contributed by atoms with Crippen LogP contribution < -0.4 is 0 Å². The molecule has 1 aromatic heterocycles. The maximum absolute atomic E-state index is 4.10. The summed E-state index contributed by atoms with van der Waals surface area (Å²) >= 11 is 0.